The first-order valence-corrected chi connectivity index (χ1v) is 7.03. The Labute approximate surface area is 102 Å². The van der Waals surface area contributed by atoms with Gasteiger partial charge in [-0.25, -0.2) is 0 Å². The lowest BCUT2D eigenvalue weighted by Crippen LogP contribution is -2.40. The molecule has 88 valence electrons. The van der Waals surface area contributed by atoms with Crippen molar-refractivity contribution in [2.24, 2.45) is 0 Å². The molecule has 0 aromatic heterocycles. The third kappa shape index (κ3) is 2.29. The molecule has 1 aromatic carbocycles. The maximum atomic E-state index is 5.80. The van der Waals surface area contributed by atoms with Crippen LogP contribution in [0.5, 0.6) is 0 Å². The van der Waals surface area contributed by atoms with E-state index in [1.165, 1.54) is 30.5 Å². The van der Waals surface area contributed by atoms with Crippen molar-refractivity contribution in [3.63, 3.8) is 0 Å². The Morgan fingerprint density at radius 2 is 2.19 bits per heavy atom. The van der Waals surface area contributed by atoms with Crippen LogP contribution in [0.2, 0.25) is 0 Å². The average molecular weight is 236 g/mol. The molecule has 0 radical (unpaired) electrons. The Kier molecular flexibility index (Phi) is 3.33. The quantitative estimate of drug-likeness (QED) is 0.788. The van der Waals surface area contributed by atoms with Gasteiger partial charge in [-0.15, -0.1) is 0 Å². The zero-order valence-corrected chi connectivity index (χ0v) is 10.9. The van der Waals surface area contributed by atoms with Gasteiger partial charge in [-0.3, -0.25) is 0 Å². The Morgan fingerprint density at radius 3 is 2.75 bits per heavy atom. The van der Waals surface area contributed by atoms with Crippen LogP contribution in [0.3, 0.4) is 0 Å². The van der Waals surface area contributed by atoms with Gasteiger partial charge >= 0.3 is 0 Å². The molecule has 0 amide bonds. The first-order chi connectivity index (χ1) is 7.65. The molecule has 1 aliphatic rings. The lowest BCUT2D eigenvalue weighted by Gasteiger charge is -2.40. The molecule has 0 saturated heterocycles. The zero-order chi connectivity index (χ0) is 11.6. The number of aryl methyl sites for hydroxylation is 1. The van der Waals surface area contributed by atoms with Gasteiger partial charge in [0.05, 0.1) is 0 Å². The van der Waals surface area contributed by atoms with E-state index in [2.05, 4.69) is 24.6 Å². The molecule has 3 N–H and O–H groups in total. The third-order valence-corrected chi connectivity index (χ3v) is 4.98. The molecule has 0 heterocycles. The summed E-state index contributed by atoms with van der Waals surface area (Å²) in [6.45, 7) is 3.17. The summed E-state index contributed by atoms with van der Waals surface area (Å²) in [7, 11) is 0. The van der Waals surface area contributed by atoms with Gasteiger partial charge in [0.1, 0.15) is 0 Å². The number of anilines is 2. The predicted molar refractivity (Wildman–Crippen MR) is 74.2 cm³/mol. The molecule has 1 aliphatic carbocycles. The van der Waals surface area contributed by atoms with Crippen molar-refractivity contribution in [2.45, 2.75) is 30.9 Å². The number of thioether (sulfide) groups is 1. The lowest BCUT2D eigenvalue weighted by atomic mass is 9.84. The summed E-state index contributed by atoms with van der Waals surface area (Å²) >= 11 is 1.99. The summed E-state index contributed by atoms with van der Waals surface area (Å²) in [4.78, 5) is 0. The van der Waals surface area contributed by atoms with Gasteiger partial charge < -0.3 is 11.1 Å². The van der Waals surface area contributed by atoms with Gasteiger partial charge in [-0.1, -0.05) is 12.5 Å². The van der Waals surface area contributed by atoms with E-state index in [0.717, 1.165) is 12.2 Å². The predicted octanol–water partition coefficient (Wildman–Crippen LogP) is 3.27. The smallest absolute Gasteiger partial charge is 0.0391 e. The highest BCUT2D eigenvalue weighted by Crippen LogP contribution is 2.42. The van der Waals surface area contributed by atoms with E-state index < -0.39 is 0 Å². The second-order valence-electron chi connectivity index (χ2n) is 4.67. The second-order valence-corrected chi connectivity index (χ2v) is 5.94. The molecule has 16 heavy (non-hydrogen) atoms. The van der Waals surface area contributed by atoms with E-state index in [1.54, 1.807) is 0 Å². The topological polar surface area (TPSA) is 38.0 Å². The Morgan fingerprint density at radius 1 is 1.44 bits per heavy atom. The van der Waals surface area contributed by atoms with Crippen LogP contribution in [0.1, 0.15) is 24.8 Å². The molecule has 1 saturated carbocycles. The molecule has 0 aliphatic heterocycles. The number of benzene rings is 1. The summed E-state index contributed by atoms with van der Waals surface area (Å²) in [5.41, 5.74) is 9.08. The minimum atomic E-state index is 0.469. The second kappa shape index (κ2) is 4.58. The van der Waals surface area contributed by atoms with Crippen LogP contribution < -0.4 is 11.1 Å². The van der Waals surface area contributed by atoms with E-state index in [9.17, 15) is 0 Å². The molecule has 0 bridgehead atoms. The molecule has 1 aromatic rings. The maximum absolute atomic E-state index is 5.80. The van der Waals surface area contributed by atoms with Crippen molar-refractivity contribution in [2.75, 3.05) is 23.9 Å². The largest absolute Gasteiger partial charge is 0.399 e. The van der Waals surface area contributed by atoms with E-state index in [-0.39, 0.29) is 0 Å². The van der Waals surface area contributed by atoms with Gasteiger partial charge in [0, 0.05) is 22.7 Å². The van der Waals surface area contributed by atoms with E-state index >= 15 is 0 Å². The van der Waals surface area contributed by atoms with Crippen LogP contribution in [0.25, 0.3) is 0 Å². The van der Waals surface area contributed by atoms with Gasteiger partial charge in [-0.05, 0) is 43.7 Å². The lowest BCUT2D eigenvalue weighted by molar-refractivity contribution is 0.380. The summed E-state index contributed by atoms with van der Waals surface area (Å²) in [6.07, 6.45) is 6.26. The van der Waals surface area contributed by atoms with E-state index in [0.29, 0.717) is 4.75 Å². The highest BCUT2D eigenvalue weighted by atomic mass is 32.2. The SMILES string of the molecule is CSC1(CNc2cc(N)ccc2C)CCC1. The van der Waals surface area contributed by atoms with Gasteiger partial charge in [0.15, 0.2) is 0 Å². The Balaban J connectivity index is 2.01. The van der Waals surface area contributed by atoms with Crippen LogP contribution in [-0.2, 0) is 0 Å². The van der Waals surface area contributed by atoms with Crippen LogP contribution in [-0.4, -0.2) is 17.5 Å². The number of rotatable bonds is 4. The molecular weight excluding hydrogens is 216 g/mol. The highest BCUT2D eigenvalue weighted by molar-refractivity contribution is 8.00. The zero-order valence-electron chi connectivity index (χ0n) is 10.0. The fourth-order valence-corrected chi connectivity index (χ4v) is 3.02. The van der Waals surface area contributed by atoms with Crippen molar-refractivity contribution in [3.8, 4) is 0 Å². The van der Waals surface area contributed by atoms with Gasteiger partial charge in [0.2, 0.25) is 0 Å². The van der Waals surface area contributed by atoms with Gasteiger partial charge in [0.25, 0.3) is 0 Å². The molecule has 0 spiro atoms. The molecule has 1 fully saturated rings. The molecular formula is C13H20N2S. The van der Waals surface area contributed by atoms with Crippen LogP contribution in [0.4, 0.5) is 11.4 Å². The summed E-state index contributed by atoms with van der Waals surface area (Å²) in [5, 5.41) is 3.55. The molecule has 2 rings (SSSR count). The summed E-state index contributed by atoms with van der Waals surface area (Å²) in [6, 6.07) is 6.06. The minimum absolute atomic E-state index is 0.469. The minimum Gasteiger partial charge on any atom is -0.399 e. The van der Waals surface area contributed by atoms with E-state index in [1.807, 2.05) is 23.9 Å². The monoisotopic (exact) mass is 236 g/mol. The Hall–Kier alpha value is -0.830. The third-order valence-electron chi connectivity index (χ3n) is 3.56. The van der Waals surface area contributed by atoms with Crippen molar-refractivity contribution in [1.29, 1.82) is 0 Å². The van der Waals surface area contributed by atoms with Crippen molar-refractivity contribution in [1.82, 2.24) is 0 Å². The van der Waals surface area contributed by atoms with Crippen molar-refractivity contribution < 1.29 is 0 Å². The number of hydrogen-bond acceptors (Lipinski definition) is 3. The normalized spacial score (nSPS) is 17.9. The summed E-state index contributed by atoms with van der Waals surface area (Å²) < 4.78 is 0.469. The standard InChI is InChI=1S/C13H20N2S/c1-10-4-5-11(14)8-12(10)15-9-13(16-2)6-3-7-13/h4-5,8,15H,3,6-7,9,14H2,1-2H3. The first-order valence-electron chi connectivity index (χ1n) is 5.80. The van der Waals surface area contributed by atoms with Crippen LogP contribution >= 0.6 is 11.8 Å². The highest BCUT2D eigenvalue weighted by Gasteiger charge is 2.35. The summed E-state index contributed by atoms with van der Waals surface area (Å²) in [5.74, 6) is 0. The molecule has 3 heteroatoms. The van der Waals surface area contributed by atoms with Gasteiger partial charge in [-0.2, -0.15) is 11.8 Å². The van der Waals surface area contributed by atoms with E-state index in [4.69, 9.17) is 5.73 Å². The fraction of sp³-hybridized carbons (Fsp3) is 0.538. The van der Waals surface area contributed by atoms with Crippen LogP contribution in [0.15, 0.2) is 18.2 Å². The maximum Gasteiger partial charge on any atom is 0.0391 e. The molecule has 0 atom stereocenters. The number of hydrogen-bond donors (Lipinski definition) is 2. The number of nitrogens with one attached hydrogen (secondary N) is 1. The molecule has 0 unspecified atom stereocenters. The van der Waals surface area contributed by atoms with Crippen molar-refractivity contribution in [3.05, 3.63) is 23.8 Å². The number of nitrogen functional groups attached to an aromatic ring is 1. The first kappa shape index (κ1) is 11.6. The Bertz CT molecular complexity index is 367. The van der Waals surface area contributed by atoms with Crippen molar-refractivity contribution >= 4 is 23.1 Å². The molecule has 2 nitrogen and oxygen atoms in total. The van der Waals surface area contributed by atoms with Crippen LogP contribution in [0, 0.1) is 6.92 Å². The average Bonchev–Trinajstić information content (AvgIpc) is 2.22. The fourth-order valence-electron chi connectivity index (χ4n) is 2.11. The number of nitrogens with two attached hydrogens (primary N) is 1.